The van der Waals surface area contributed by atoms with E-state index < -0.39 is 6.10 Å². The molecule has 2 atom stereocenters. The topological polar surface area (TPSA) is 64.3 Å². The van der Waals surface area contributed by atoms with Gasteiger partial charge in [-0.25, -0.2) is 0 Å². The van der Waals surface area contributed by atoms with E-state index in [1.807, 2.05) is 13.8 Å². The number of hydrogen-bond acceptors (Lipinski definition) is 3. The normalized spacial score (nSPS) is 16.3. The first kappa shape index (κ1) is 16.4. The molecule has 4 heteroatoms. The molecular weight excluding hydrogens is 216 g/mol. The predicted octanol–water partition coefficient (Wildman–Crippen LogP) is 1.83. The molecule has 0 heterocycles. The number of ether oxygens (including phenoxy) is 1. The van der Waals surface area contributed by atoms with Crippen LogP contribution in [0.25, 0.3) is 0 Å². The molecule has 0 aliphatic carbocycles. The van der Waals surface area contributed by atoms with Crippen LogP contribution in [0.2, 0.25) is 0 Å². The molecular formula is C13H28N2O2. The Morgan fingerprint density at radius 3 is 2.59 bits per heavy atom. The van der Waals surface area contributed by atoms with Crippen LogP contribution in [-0.4, -0.2) is 30.7 Å². The van der Waals surface area contributed by atoms with Gasteiger partial charge < -0.3 is 15.8 Å². The highest BCUT2D eigenvalue weighted by molar-refractivity contribution is 5.80. The number of amides is 1. The van der Waals surface area contributed by atoms with E-state index >= 15 is 0 Å². The maximum atomic E-state index is 11.6. The van der Waals surface area contributed by atoms with Gasteiger partial charge in [0.1, 0.15) is 6.10 Å². The summed E-state index contributed by atoms with van der Waals surface area (Å²) in [7, 11) is 0. The first-order chi connectivity index (χ1) is 7.93. The number of carbonyl (C=O) groups is 1. The van der Waals surface area contributed by atoms with Crippen molar-refractivity contribution in [3.05, 3.63) is 0 Å². The SMILES string of the molecule is CCCCCNC(=O)C(C)OCC(C)(N)CC. The second kappa shape index (κ2) is 8.48. The van der Waals surface area contributed by atoms with Crippen LogP contribution in [-0.2, 0) is 9.53 Å². The summed E-state index contributed by atoms with van der Waals surface area (Å²) < 4.78 is 5.48. The van der Waals surface area contributed by atoms with Crippen molar-refractivity contribution in [2.24, 2.45) is 5.73 Å². The molecule has 0 spiro atoms. The third kappa shape index (κ3) is 8.16. The molecule has 2 unspecified atom stereocenters. The molecule has 0 radical (unpaired) electrons. The Bertz CT molecular complexity index is 217. The molecule has 0 aliphatic rings. The van der Waals surface area contributed by atoms with E-state index in [2.05, 4.69) is 12.2 Å². The fourth-order valence-electron chi connectivity index (χ4n) is 1.22. The molecule has 0 aromatic heterocycles. The van der Waals surface area contributed by atoms with Crippen molar-refractivity contribution < 1.29 is 9.53 Å². The van der Waals surface area contributed by atoms with Crippen LogP contribution in [0.3, 0.4) is 0 Å². The van der Waals surface area contributed by atoms with Gasteiger partial charge in [-0.1, -0.05) is 26.7 Å². The molecule has 0 bridgehead atoms. The lowest BCUT2D eigenvalue weighted by molar-refractivity contribution is -0.132. The summed E-state index contributed by atoms with van der Waals surface area (Å²) >= 11 is 0. The number of nitrogens with one attached hydrogen (secondary N) is 1. The van der Waals surface area contributed by atoms with E-state index in [9.17, 15) is 4.79 Å². The van der Waals surface area contributed by atoms with Crippen LogP contribution >= 0.6 is 0 Å². The first-order valence-corrected chi connectivity index (χ1v) is 6.61. The minimum atomic E-state index is -0.425. The lowest BCUT2D eigenvalue weighted by atomic mass is 10.0. The van der Waals surface area contributed by atoms with Crippen LogP contribution in [0.5, 0.6) is 0 Å². The summed E-state index contributed by atoms with van der Waals surface area (Å²) in [5.74, 6) is -0.0481. The summed E-state index contributed by atoms with van der Waals surface area (Å²) in [5.41, 5.74) is 5.60. The second-order valence-corrected chi connectivity index (χ2v) is 4.96. The van der Waals surface area contributed by atoms with E-state index in [0.29, 0.717) is 6.61 Å². The monoisotopic (exact) mass is 244 g/mol. The van der Waals surface area contributed by atoms with Crippen molar-refractivity contribution in [2.75, 3.05) is 13.2 Å². The summed E-state index contributed by atoms with van der Waals surface area (Å²) in [6, 6.07) is 0. The number of nitrogens with two attached hydrogens (primary N) is 1. The molecule has 0 saturated carbocycles. The van der Waals surface area contributed by atoms with Crippen molar-refractivity contribution >= 4 is 5.91 Å². The van der Waals surface area contributed by atoms with E-state index in [1.165, 1.54) is 0 Å². The Labute approximate surface area is 105 Å². The quantitative estimate of drug-likeness (QED) is 0.608. The van der Waals surface area contributed by atoms with Crippen LogP contribution < -0.4 is 11.1 Å². The maximum absolute atomic E-state index is 11.6. The number of rotatable bonds is 9. The van der Waals surface area contributed by atoms with Gasteiger partial charge in [0, 0.05) is 12.1 Å². The van der Waals surface area contributed by atoms with Gasteiger partial charge >= 0.3 is 0 Å². The van der Waals surface area contributed by atoms with Crippen molar-refractivity contribution in [1.29, 1.82) is 0 Å². The third-order valence-electron chi connectivity index (χ3n) is 2.92. The predicted molar refractivity (Wildman–Crippen MR) is 70.8 cm³/mol. The molecule has 0 aliphatic heterocycles. The van der Waals surface area contributed by atoms with Gasteiger partial charge in [0.2, 0.25) is 5.91 Å². The summed E-state index contributed by atoms with van der Waals surface area (Å²) in [6.45, 7) is 8.99. The highest BCUT2D eigenvalue weighted by atomic mass is 16.5. The van der Waals surface area contributed by atoms with E-state index in [4.69, 9.17) is 10.5 Å². The third-order valence-corrected chi connectivity index (χ3v) is 2.92. The van der Waals surface area contributed by atoms with Gasteiger partial charge in [0.15, 0.2) is 0 Å². The van der Waals surface area contributed by atoms with Gasteiger partial charge in [0.05, 0.1) is 6.61 Å². The Balaban J connectivity index is 3.74. The second-order valence-electron chi connectivity index (χ2n) is 4.96. The average molecular weight is 244 g/mol. The van der Waals surface area contributed by atoms with Crippen LogP contribution in [0.4, 0.5) is 0 Å². The number of unbranched alkanes of at least 4 members (excludes halogenated alkanes) is 2. The van der Waals surface area contributed by atoms with Gasteiger partial charge in [0.25, 0.3) is 0 Å². The molecule has 0 aromatic carbocycles. The zero-order chi connectivity index (χ0) is 13.3. The molecule has 0 saturated heterocycles. The molecule has 102 valence electrons. The van der Waals surface area contributed by atoms with Crippen LogP contribution in [0, 0.1) is 0 Å². The van der Waals surface area contributed by atoms with Crippen molar-refractivity contribution in [1.82, 2.24) is 5.32 Å². The lowest BCUT2D eigenvalue weighted by Crippen LogP contribution is -2.44. The smallest absolute Gasteiger partial charge is 0.248 e. The van der Waals surface area contributed by atoms with Crippen molar-refractivity contribution in [3.8, 4) is 0 Å². The van der Waals surface area contributed by atoms with Crippen molar-refractivity contribution in [3.63, 3.8) is 0 Å². The maximum Gasteiger partial charge on any atom is 0.248 e. The van der Waals surface area contributed by atoms with E-state index in [0.717, 1.165) is 32.2 Å². The van der Waals surface area contributed by atoms with Gasteiger partial charge in [-0.15, -0.1) is 0 Å². The molecule has 1 amide bonds. The highest BCUT2D eigenvalue weighted by Crippen LogP contribution is 2.06. The largest absolute Gasteiger partial charge is 0.367 e. The highest BCUT2D eigenvalue weighted by Gasteiger charge is 2.20. The zero-order valence-corrected chi connectivity index (χ0v) is 11.7. The fourth-order valence-corrected chi connectivity index (χ4v) is 1.22. The number of hydrogen-bond donors (Lipinski definition) is 2. The van der Waals surface area contributed by atoms with Crippen molar-refractivity contribution in [2.45, 2.75) is 65.0 Å². The van der Waals surface area contributed by atoms with E-state index in [1.54, 1.807) is 6.92 Å². The summed E-state index contributed by atoms with van der Waals surface area (Å²) in [6.07, 6.45) is 3.73. The van der Waals surface area contributed by atoms with E-state index in [-0.39, 0.29) is 11.4 Å². The van der Waals surface area contributed by atoms with Gasteiger partial charge in [-0.05, 0) is 26.7 Å². The zero-order valence-electron chi connectivity index (χ0n) is 11.7. The Kier molecular flexibility index (Phi) is 8.17. The molecule has 0 fully saturated rings. The molecule has 0 rings (SSSR count). The lowest BCUT2D eigenvalue weighted by Gasteiger charge is -2.24. The minimum Gasteiger partial charge on any atom is -0.367 e. The molecule has 3 N–H and O–H groups in total. The summed E-state index contributed by atoms with van der Waals surface area (Å²) in [4.78, 5) is 11.6. The fraction of sp³-hybridized carbons (Fsp3) is 0.923. The van der Waals surface area contributed by atoms with Gasteiger partial charge in [-0.2, -0.15) is 0 Å². The molecule has 17 heavy (non-hydrogen) atoms. The number of carbonyl (C=O) groups excluding carboxylic acids is 1. The first-order valence-electron chi connectivity index (χ1n) is 6.61. The summed E-state index contributed by atoms with van der Waals surface area (Å²) in [5, 5.41) is 2.87. The van der Waals surface area contributed by atoms with Gasteiger partial charge in [-0.3, -0.25) is 4.79 Å². The molecule has 0 aromatic rings. The standard InChI is InChI=1S/C13H28N2O2/c1-5-7-8-9-15-12(16)11(3)17-10-13(4,14)6-2/h11H,5-10,14H2,1-4H3,(H,15,16). The van der Waals surface area contributed by atoms with Crippen LogP contribution in [0.1, 0.15) is 53.4 Å². The minimum absolute atomic E-state index is 0.0481. The van der Waals surface area contributed by atoms with Crippen LogP contribution in [0.15, 0.2) is 0 Å². The molecule has 4 nitrogen and oxygen atoms in total. The Morgan fingerprint density at radius 1 is 1.41 bits per heavy atom. The average Bonchev–Trinajstić information content (AvgIpc) is 2.31. The Morgan fingerprint density at radius 2 is 2.06 bits per heavy atom. The Hall–Kier alpha value is -0.610.